The molecule has 20 heteroatoms. The second kappa shape index (κ2) is 26.1. The maximum atomic E-state index is 14.0. The van der Waals surface area contributed by atoms with Gasteiger partial charge < -0.3 is 51.4 Å². The second-order valence-corrected chi connectivity index (χ2v) is 17.6. The van der Waals surface area contributed by atoms with Crippen LogP contribution in [0.5, 0.6) is 0 Å². The molecule has 1 saturated heterocycles. The van der Waals surface area contributed by atoms with Crippen molar-refractivity contribution in [3.8, 4) is 0 Å². The lowest BCUT2D eigenvalue weighted by Crippen LogP contribution is -2.61. The molecule has 6 amide bonds. The molecule has 0 saturated carbocycles. The topological polar surface area (TPSA) is 285 Å². The number of nitrogens with two attached hydrogens (primary N) is 1. The van der Waals surface area contributed by atoms with Crippen LogP contribution >= 0.6 is 7.82 Å². The number of aromatic nitrogens is 2. The highest BCUT2D eigenvalue weighted by Gasteiger charge is 2.37. The molecule has 1 fully saturated rings. The van der Waals surface area contributed by atoms with Crippen LogP contribution in [0, 0.1) is 5.92 Å². The van der Waals surface area contributed by atoms with Crippen molar-refractivity contribution in [2.45, 2.75) is 154 Å². The number of carbonyl (C=O) groups excluding carboxylic acids is 6. The molecule has 346 valence electrons. The Morgan fingerprint density at radius 1 is 0.855 bits per heavy atom. The number of aliphatic hydroxyl groups excluding tert-OH is 1. The van der Waals surface area contributed by atoms with Gasteiger partial charge in [-0.2, -0.15) is 0 Å². The fourth-order valence-corrected chi connectivity index (χ4v) is 8.09. The summed E-state index contributed by atoms with van der Waals surface area (Å²) in [5.41, 5.74) is 7.30. The van der Waals surface area contributed by atoms with E-state index in [0.717, 1.165) is 45.4 Å². The first kappa shape index (κ1) is 51.7. The third-order valence-corrected chi connectivity index (χ3v) is 11.4. The van der Waals surface area contributed by atoms with Crippen molar-refractivity contribution in [3.63, 3.8) is 0 Å². The van der Waals surface area contributed by atoms with Crippen molar-refractivity contribution in [2.75, 3.05) is 13.2 Å². The number of likely N-dealkylation sites (tertiary alicyclic amines) is 1. The Morgan fingerprint density at radius 2 is 1.45 bits per heavy atom. The Balaban J connectivity index is 1.72. The Morgan fingerprint density at radius 3 is 2.05 bits per heavy atom. The normalized spacial score (nSPS) is 16.5. The van der Waals surface area contributed by atoms with Crippen LogP contribution in [0.15, 0.2) is 42.9 Å². The molecule has 0 radical (unpaired) electrons. The summed E-state index contributed by atoms with van der Waals surface area (Å²) in [4.78, 5) is 103. The van der Waals surface area contributed by atoms with Gasteiger partial charge in [0.2, 0.25) is 35.4 Å². The molecule has 1 aromatic heterocycles. The van der Waals surface area contributed by atoms with Crippen LogP contribution in [0.1, 0.15) is 110 Å². The second-order valence-electron chi connectivity index (χ2n) is 16.4. The fraction of sp³-hybridized carbons (Fsp3) is 0.643. The zero-order valence-electron chi connectivity index (χ0n) is 36.4. The predicted molar refractivity (Wildman–Crippen MR) is 229 cm³/mol. The summed E-state index contributed by atoms with van der Waals surface area (Å²) in [6.07, 6.45) is 12.5. The average molecular weight is 891 g/mol. The third-order valence-electron chi connectivity index (χ3n) is 10.8. The molecule has 0 bridgehead atoms. The molecule has 2 aromatic rings. The summed E-state index contributed by atoms with van der Waals surface area (Å²) in [5.74, 6) is -4.80. The van der Waals surface area contributed by atoms with E-state index in [0.29, 0.717) is 31.6 Å². The van der Waals surface area contributed by atoms with Crippen molar-refractivity contribution in [1.82, 2.24) is 35.7 Å². The summed E-state index contributed by atoms with van der Waals surface area (Å²) >= 11 is 0. The number of unbranched alkanes of at least 4 members (excludes halogenated alkanes) is 7. The van der Waals surface area contributed by atoms with E-state index in [1.165, 1.54) is 36.6 Å². The third kappa shape index (κ3) is 18.0. The smallest absolute Gasteiger partial charge is 0.394 e. The van der Waals surface area contributed by atoms with Crippen LogP contribution < -0.4 is 27.0 Å². The summed E-state index contributed by atoms with van der Waals surface area (Å²) in [6.45, 7) is 6.18. The number of hydrogen-bond donors (Lipinski definition) is 8. The molecule has 0 aliphatic carbocycles. The van der Waals surface area contributed by atoms with Gasteiger partial charge in [0.15, 0.2) is 0 Å². The number of carbonyl (C=O) groups is 6. The van der Waals surface area contributed by atoms with Gasteiger partial charge in [-0.15, -0.1) is 0 Å². The minimum atomic E-state index is -5.11. The van der Waals surface area contributed by atoms with Crippen molar-refractivity contribution in [1.29, 1.82) is 0 Å². The highest BCUT2D eigenvalue weighted by Crippen LogP contribution is 2.38. The number of benzene rings is 1. The minimum Gasteiger partial charge on any atom is -0.394 e. The molecule has 0 spiro atoms. The first-order chi connectivity index (χ1) is 29.4. The lowest BCUT2D eigenvalue weighted by atomic mass is 10.0. The van der Waals surface area contributed by atoms with Gasteiger partial charge in [-0.1, -0.05) is 82.7 Å². The number of imidazole rings is 1. The van der Waals surface area contributed by atoms with Crippen LogP contribution in [0.3, 0.4) is 0 Å². The summed E-state index contributed by atoms with van der Waals surface area (Å²) in [6, 6.07) is 3.75. The van der Waals surface area contributed by atoms with Crippen molar-refractivity contribution in [2.24, 2.45) is 11.7 Å². The summed E-state index contributed by atoms with van der Waals surface area (Å²) < 4.78 is 17.8. The number of hydrogen-bond acceptors (Lipinski definition) is 10. The lowest BCUT2D eigenvalue weighted by Gasteiger charge is -2.28. The Labute approximate surface area is 363 Å². The van der Waals surface area contributed by atoms with Crippen molar-refractivity contribution >= 4 is 43.3 Å². The van der Waals surface area contributed by atoms with Gasteiger partial charge in [0.25, 0.3) is 0 Å². The molecule has 19 nitrogen and oxygen atoms in total. The van der Waals surface area contributed by atoms with E-state index in [9.17, 15) is 48.2 Å². The monoisotopic (exact) mass is 890 g/mol. The van der Waals surface area contributed by atoms with Crippen LogP contribution in [-0.4, -0.2) is 114 Å². The molecule has 62 heavy (non-hydrogen) atoms. The van der Waals surface area contributed by atoms with Crippen LogP contribution in [0.2, 0.25) is 0 Å². The van der Waals surface area contributed by atoms with Crippen molar-refractivity contribution < 1.29 is 52.7 Å². The highest BCUT2D eigenvalue weighted by atomic mass is 31.2. The number of aryl methyl sites for hydroxylation is 2. The molecule has 6 unspecified atom stereocenters. The quantitative estimate of drug-likeness (QED) is 0.0448. The lowest BCUT2D eigenvalue weighted by molar-refractivity contribution is -0.139. The highest BCUT2D eigenvalue weighted by molar-refractivity contribution is 7.46. The number of primary amides is 1. The maximum absolute atomic E-state index is 14.0. The number of rotatable bonds is 28. The molecular weight excluding hydrogens is 823 g/mol. The number of nitrogens with one attached hydrogen (secondary N) is 4. The molecule has 1 aliphatic heterocycles. The van der Waals surface area contributed by atoms with Gasteiger partial charge in [0, 0.05) is 38.3 Å². The Bertz CT molecular complexity index is 1810. The van der Waals surface area contributed by atoms with E-state index in [2.05, 4.69) is 55.0 Å². The SMILES string of the molecule is CC(=O)N1CCCC1C(=O)NC(CC(C)C)C(=O)NC(Cc1cncn1CCCCCCCCCCc1ccccc1)C(=O)NC(CO)C(=O)NC(C(N)=O)C(C)OP(=O)(O)O. The molecule has 3 rings (SSSR count). The number of amides is 6. The maximum Gasteiger partial charge on any atom is 0.469 e. The van der Waals surface area contributed by atoms with Crippen molar-refractivity contribution in [3.05, 3.63) is 54.1 Å². The Hall–Kier alpha value is -4.68. The van der Waals surface area contributed by atoms with Crippen LogP contribution in [0.4, 0.5) is 0 Å². The van der Waals surface area contributed by atoms with E-state index in [-0.39, 0.29) is 24.7 Å². The molecule has 6 atom stereocenters. The van der Waals surface area contributed by atoms with E-state index >= 15 is 0 Å². The number of nitrogens with zero attached hydrogens (tertiary/aromatic N) is 3. The molecule has 1 aromatic carbocycles. The number of phosphoric acid groups is 1. The van der Waals surface area contributed by atoms with Gasteiger partial charge in [-0.05, 0) is 56.9 Å². The molecular formula is C42H67N8O11P. The summed E-state index contributed by atoms with van der Waals surface area (Å²) in [7, 11) is -5.11. The minimum absolute atomic E-state index is 0.0792. The van der Waals surface area contributed by atoms with Gasteiger partial charge in [0.05, 0.1) is 19.0 Å². The van der Waals surface area contributed by atoms with Gasteiger partial charge in [0.1, 0.15) is 30.2 Å². The van der Waals surface area contributed by atoms with Crippen LogP contribution in [-0.2, 0) is 57.2 Å². The van der Waals surface area contributed by atoms with E-state index in [1.54, 1.807) is 12.5 Å². The first-order valence-corrected chi connectivity index (χ1v) is 23.1. The zero-order chi connectivity index (χ0) is 45.8. The Kier molecular flexibility index (Phi) is 21.7. The molecule has 2 heterocycles. The van der Waals surface area contributed by atoms with Gasteiger partial charge in [-0.3, -0.25) is 33.3 Å². The van der Waals surface area contributed by atoms with E-state index in [1.807, 2.05) is 24.5 Å². The summed E-state index contributed by atoms with van der Waals surface area (Å²) in [5, 5.41) is 20.2. The first-order valence-electron chi connectivity index (χ1n) is 21.6. The van der Waals surface area contributed by atoms with Gasteiger partial charge in [-0.25, -0.2) is 9.55 Å². The van der Waals surface area contributed by atoms with E-state index < -0.39 is 80.3 Å². The van der Waals surface area contributed by atoms with Crippen LogP contribution in [0.25, 0.3) is 0 Å². The molecule has 1 aliphatic rings. The number of phosphoric ester groups is 1. The molecule has 9 N–H and O–H groups in total. The average Bonchev–Trinajstić information content (AvgIpc) is 3.89. The number of aliphatic hydroxyl groups is 1. The van der Waals surface area contributed by atoms with Gasteiger partial charge >= 0.3 is 7.82 Å². The predicted octanol–water partition coefficient (Wildman–Crippen LogP) is 1.76. The fourth-order valence-electron chi connectivity index (χ4n) is 7.53. The largest absolute Gasteiger partial charge is 0.469 e. The zero-order valence-corrected chi connectivity index (χ0v) is 37.3. The standard InChI is InChI=1S/C42H67N8O11P/c1-28(2)23-33(46-42(57)36-20-16-22-50(36)30(4)52)39(54)45-34(40(55)47-35(26-51)41(56)48-37(38(43)53)29(3)61-62(58,59)60)24-32-25-44-27-49(32)21-15-10-8-6-5-7-9-12-17-31-18-13-11-14-19-31/h11,13-14,18-19,25,27-29,33-37,51H,5-10,12,15-17,20-24,26H2,1-4H3,(H2,43,53)(H,45,54)(H,46,57)(H,47,55)(H,48,56)(H2,58,59,60). The van der Waals surface area contributed by atoms with E-state index in [4.69, 9.17) is 5.73 Å².